The van der Waals surface area contributed by atoms with Crippen LogP contribution in [0.15, 0.2) is 103 Å². The standard InChI is InChI=1S/C26H20NO.C11H13NO2.Ir/c1-26(2)21-12-6-7-13-23(21)28-24-14-8-11-20(25(24)26)22-16-15-19(17-27-22)18-9-4-3-5-10-18;13-11(14)10-6-5-9(7-12-10)8-3-1-2-4-8;/h3-10,12-17H,1-2H3;5-8H,1-4H2,(H,13,14);/q-1;;. The molecule has 0 bridgehead atoms. The summed E-state index contributed by atoms with van der Waals surface area (Å²) in [5, 5.41) is 8.68. The number of hydrogen-bond donors (Lipinski definition) is 1. The van der Waals surface area contributed by atoms with E-state index >= 15 is 0 Å². The Bertz CT molecular complexity index is 1700. The van der Waals surface area contributed by atoms with Crippen molar-refractivity contribution in [1.82, 2.24) is 9.97 Å². The van der Waals surface area contributed by atoms with Gasteiger partial charge in [-0.25, -0.2) is 9.78 Å². The van der Waals surface area contributed by atoms with Crippen LogP contribution in [0.3, 0.4) is 0 Å². The van der Waals surface area contributed by atoms with E-state index in [4.69, 9.17) is 14.8 Å². The summed E-state index contributed by atoms with van der Waals surface area (Å²) in [4.78, 5) is 19.3. The van der Waals surface area contributed by atoms with Crippen molar-refractivity contribution in [3.63, 3.8) is 0 Å². The summed E-state index contributed by atoms with van der Waals surface area (Å²) in [6.07, 6.45) is 8.64. The molecule has 2 aliphatic rings. The molecule has 1 aliphatic heterocycles. The predicted molar refractivity (Wildman–Crippen MR) is 165 cm³/mol. The summed E-state index contributed by atoms with van der Waals surface area (Å²) >= 11 is 0. The molecule has 2 aromatic heterocycles. The third kappa shape index (κ3) is 6.31. The van der Waals surface area contributed by atoms with Gasteiger partial charge in [0.15, 0.2) is 0 Å². The van der Waals surface area contributed by atoms with Crippen LogP contribution >= 0.6 is 0 Å². The SMILES string of the molecule is CC1(C)c2ccccc2Oc2cc[c-]c(-c3ccc(-c4ccccc4)cn3)c21.O=C(O)c1ccc(C2CCCC2)cn1.[Ir]. The average Bonchev–Trinajstić information content (AvgIpc) is 3.57. The van der Waals surface area contributed by atoms with Crippen molar-refractivity contribution in [2.75, 3.05) is 0 Å². The molecule has 3 heterocycles. The van der Waals surface area contributed by atoms with E-state index in [1.807, 2.05) is 54.7 Å². The number of carboxylic acid groups (broad SMARTS) is 1. The number of aromatic carboxylic acids is 1. The summed E-state index contributed by atoms with van der Waals surface area (Å²) in [6.45, 7) is 4.48. The molecule has 0 atom stereocenters. The van der Waals surface area contributed by atoms with Crippen LogP contribution in [-0.4, -0.2) is 21.0 Å². The minimum absolute atomic E-state index is 0. The van der Waals surface area contributed by atoms with Gasteiger partial charge in [0.05, 0.1) is 5.75 Å². The van der Waals surface area contributed by atoms with E-state index < -0.39 is 5.97 Å². The molecule has 0 saturated heterocycles. The quantitative estimate of drug-likeness (QED) is 0.186. The summed E-state index contributed by atoms with van der Waals surface area (Å²) in [5.41, 5.74) is 7.62. The second kappa shape index (κ2) is 13.0. The first-order chi connectivity index (χ1) is 20.4. The Balaban J connectivity index is 0.000000208. The minimum Gasteiger partial charge on any atom is -0.477 e. The molecule has 6 heteroatoms. The molecule has 5 aromatic rings. The molecule has 43 heavy (non-hydrogen) atoms. The van der Waals surface area contributed by atoms with Crippen molar-refractivity contribution in [3.8, 4) is 33.9 Å². The monoisotopic (exact) mass is 746 g/mol. The van der Waals surface area contributed by atoms with Gasteiger partial charge in [0, 0.05) is 32.5 Å². The van der Waals surface area contributed by atoms with E-state index in [0.717, 1.165) is 33.9 Å². The first-order valence-corrected chi connectivity index (χ1v) is 14.5. The molecule has 219 valence electrons. The zero-order valence-electron chi connectivity index (χ0n) is 24.2. The number of rotatable bonds is 4. The number of ether oxygens (including phenoxy) is 1. The molecule has 1 radical (unpaired) electrons. The smallest absolute Gasteiger partial charge is 0.354 e. The van der Waals surface area contributed by atoms with E-state index in [1.165, 1.54) is 42.4 Å². The van der Waals surface area contributed by atoms with Crippen LogP contribution < -0.4 is 4.74 Å². The van der Waals surface area contributed by atoms with Crippen LogP contribution in [0.5, 0.6) is 11.5 Å². The Hall–Kier alpha value is -4.12. The van der Waals surface area contributed by atoms with E-state index in [0.29, 0.717) is 5.92 Å². The van der Waals surface area contributed by atoms with Gasteiger partial charge in [0.1, 0.15) is 11.4 Å². The fourth-order valence-electron chi connectivity index (χ4n) is 6.09. The van der Waals surface area contributed by atoms with E-state index in [2.05, 4.69) is 61.3 Å². The predicted octanol–water partition coefficient (Wildman–Crippen LogP) is 9.08. The number of nitrogens with zero attached hydrogens (tertiary/aromatic N) is 2. The Kier molecular flexibility index (Phi) is 9.19. The van der Waals surface area contributed by atoms with Crippen LogP contribution in [0.1, 0.15) is 72.6 Å². The van der Waals surface area contributed by atoms with Crippen LogP contribution in [0, 0.1) is 6.07 Å². The number of carboxylic acids is 1. The first kappa shape index (κ1) is 30.3. The molecule has 1 N–H and O–H groups in total. The zero-order valence-corrected chi connectivity index (χ0v) is 26.6. The van der Waals surface area contributed by atoms with Gasteiger partial charge in [0.2, 0.25) is 0 Å². The number of benzene rings is 3. The number of carbonyl (C=O) groups is 1. The maximum atomic E-state index is 10.6. The first-order valence-electron chi connectivity index (χ1n) is 14.5. The Morgan fingerprint density at radius 3 is 2.26 bits per heavy atom. The molecule has 1 aliphatic carbocycles. The van der Waals surface area contributed by atoms with Crippen molar-refractivity contribution >= 4 is 5.97 Å². The van der Waals surface area contributed by atoms with E-state index in [9.17, 15) is 4.79 Å². The van der Waals surface area contributed by atoms with Gasteiger partial charge < -0.3 is 14.8 Å². The van der Waals surface area contributed by atoms with Crippen molar-refractivity contribution in [1.29, 1.82) is 0 Å². The summed E-state index contributed by atoms with van der Waals surface area (Å²) in [7, 11) is 0. The number of para-hydroxylation sites is 1. The van der Waals surface area contributed by atoms with Crippen molar-refractivity contribution < 1.29 is 34.7 Å². The van der Waals surface area contributed by atoms with Crippen LogP contribution in [-0.2, 0) is 25.5 Å². The Morgan fingerprint density at radius 1 is 0.837 bits per heavy atom. The maximum absolute atomic E-state index is 10.6. The number of hydrogen-bond acceptors (Lipinski definition) is 4. The third-order valence-corrected chi connectivity index (χ3v) is 8.32. The van der Waals surface area contributed by atoms with Crippen LogP contribution in [0.25, 0.3) is 22.4 Å². The normalized spacial score (nSPS) is 14.7. The Labute approximate surface area is 266 Å². The van der Waals surface area contributed by atoms with E-state index in [-0.39, 0.29) is 31.2 Å². The topological polar surface area (TPSA) is 72.3 Å². The molecule has 5 nitrogen and oxygen atoms in total. The van der Waals surface area contributed by atoms with Gasteiger partial charge in [-0.2, -0.15) is 0 Å². The molecular weight excluding hydrogens is 713 g/mol. The van der Waals surface area contributed by atoms with Gasteiger partial charge in [-0.05, 0) is 64.3 Å². The summed E-state index contributed by atoms with van der Waals surface area (Å²) in [6, 6.07) is 33.6. The number of pyridine rings is 2. The van der Waals surface area contributed by atoms with Crippen molar-refractivity contribution in [2.45, 2.75) is 50.9 Å². The number of fused-ring (bicyclic) bond motifs is 2. The second-order valence-electron chi connectivity index (χ2n) is 11.4. The van der Waals surface area contributed by atoms with Crippen molar-refractivity contribution in [3.05, 3.63) is 132 Å². The molecule has 0 spiro atoms. The molecule has 7 rings (SSSR count). The molecular formula is C37H33IrN2O3-. The Morgan fingerprint density at radius 2 is 1.58 bits per heavy atom. The van der Waals surface area contributed by atoms with Gasteiger partial charge >= 0.3 is 5.97 Å². The zero-order chi connectivity index (χ0) is 29.1. The van der Waals surface area contributed by atoms with Gasteiger partial charge in [0.25, 0.3) is 0 Å². The summed E-state index contributed by atoms with van der Waals surface area (Å²) in [5.74, 6) is 1.45. The van der Waals surface area contributed by atoms with E-state index in [1.54, 1.807) is 12.3 Å². The van der Waals surface area contributed by atoms with Crippen LogP contribution in [0.2, 0.25) is 0 Å². The largest absolute Gasteiger partial charge is 0.477 e. The third-order valence-electron chi connectivity index (χ3n) is 8.32. The van der Waals surface area contributed by atoms with Crippen molar-refractivity contribution in [2.24, 2.45) is 0 Å². The van der Waals surface area contributed by atoms with Crippen LogP contribution in [0.4, 0.5) is 0 Å². The molecule has 3 aromatic carbocycles. The molecule has 0 amide bonds. The molecule has 1 fully saturated rings. The summed E-state index contributed by atoms with van der Waals surface area (Å²) < 4.78 is 6.22. The molecule has 0 unspecified atom stereocenters. The van der Waals surface area contributed by atoms with Gasteiger partial charge in [-0.15, -0.1) is 23.8 Å². The molecule has 1 saturated carbocycles. The van der Waals surface area contributed by atoms with Gasteiger partial charge in [-0.3, -0.25) is 0 Å². The fraction of sp³-hybridized carbons (Fsp3) is 0.216. The number of aromatic nitrogens is 2. The second-order valence-corrected chi connectivity index (χ2v) is 11.4. The minimum atomic E-state index is -0.956. The maximum Gasteiger partial charge on any atom is 0.354 e. The fourth-order valence-corrected chi connectivity index (χ4v) is 6.09. The average molecular weight is 746 g/mol. The van der Waals surface area contributed by atoms with Gasteiger partial charge in [-0.1, -0.05) is 99.0 Å².